The maximum atomic E-state index is 13.6. The molecule has 23 heavy (non-hydrogen) atoms. The normalized spacial score (nSPS) is 14.2. The van der Waals surface area contributed by atoms with Crippen LogP contribution in [0.1, 0.15) is 24.5 Å². The van der Waals surface area contributed by atoms with Gasteiger partial charge < -0.3 is 10.6 Å². The minimum absolute atomic E-state index is 0.155. The van der Waals surface area contributed by atoms with Gasteiger partial charge in [-0.15, -0.1) is 0 Å². The van der Waals surface area contributed by atoms with E-state index in [2.05, 4.69) is 22.8 Å². The quantitative estimate of drug-likeness (QED) is 0.898. The van der Waals surface area contributed by atoms with Gasteiger partial charge in [0.05, 0.1) is 5.69 Å². The molecule has 3 rings (SSSR count). The van der Waals surface area contributed by atoms with E-state index in [-0.39, 0.29) is 5.69 Å². The molecule has 2 aromatic carbocycles. The zero-order valence-electron chi connectivity index (χ0n) is 12.8. The lowest BCUT2D eigenvalue weighted by molar-refractivity contribution is -0.116. The van der Waals surface area contributed by atoms with Gasteiger partial charge in [0.15, 0.2) is 0 Å². The number of carbonyl (C=O) groups is 1. The number of benzene rings is 2. The molecule has 0 radical (unpaired) electrons. The molecule has 1 aliphatic rings. The Morgan fingerprint density at radius 1 is 1.09 bits per heavy atom. The Bertz CT molecular complexity index is 746. The predicted molar refractivity (Wildman–Crippen MR) is 86.5 cm³/mol. The molecule has 2 aromatic rings. The number of anilines is 2. The third-order valence-electron chi connectivity index (χ3n) is 4.06. The highest BCUT2D eigenvalue weighted by Gasteiger charge is 2.17. The van der Waals surface area contributed by atoms with Gasteiger partial charge in [0.1, 0.15) is 17.7 Å². The number of nitrogens with one attached hydrogen (secondary N) is 2. The van der Waals surface area contributed by atoms with Crippen LogP contribution in [-0.4, -0.2) is 11.9 Å². The molecule has 0 fully saturated rings. The van der Waals surface area contributed by atoms with E-state index in [0.29, 0.717) is 0 Å². The lowest BCUT2D eigenvalue weighted by Crippen LogP contribution is -2.32. The number of hydrogen-bond donors (Lipinski definition) is 2. The zero-order chi connectivity index (χ0) is 16.4. The van der Waals surface area contributed by atoms with Gasteiger partial charge in [-0.25, -0.2) is 8.78 Å². The smallest absolute Gasteiger partial charge is 0.246 e. The van der Waals surface area contributed by atoms with Crippen LogP contribution >= 0.6 is 0 Å². The van der Waals surface area contributed by atoms with Gasteiger partial charge in [-0.2, -0.15) is 0 Å². The highest BCUT2D eigenvalue weighted by atomic mass is 19.1. The van der Waals surface area contributed by atoms with Crippen LogP contribution in [-0.2, 0) is 17.6 Å². The minimum Gasteiger partial charge on any atom is -0.374 e. The van der Waals surface area contributed by atoms with E-state index in [0.717, 1.165) is 43.1 Å². The van der Waals surface area contributed by atoms with Gasteiger partial charge in [0.25, 0.3) is 0 Å². The van der Waals surface area contributed by atoms with Crippen molar-refractivity contribution in [3.63, 3.8) is 0 Å². The second kappa shape index (κ2) is 6.36. The molecule has 3 nitrogen and oxygen atoms in total. The summed E-state index contributed by atoms with van der Waals surface area (Å²) in [5.41, 5.74) is 3.36. The van der Waals surface area contributed by atoms with Crippen molar-refractivity contribution in [1.29, 1.82) is 0 Å². The molecule has 2 N–H and O–H groups in total. The molecule has 0 aliphatic heterocycles. The van der Waals surface area contributed by atoms with E-state index < -0.39 is 23.6 Å². The van der Waals surface area contributed by atoms with Gasteiger partial charge in [-0.05, 0) is 61.6 Å². The largest absolute Gasteiger partial charge is 0.374 e. The summed E-state index contributed by atoms with van der Waals surface area (Å²) in [5, 5.41) is 5.50. The van der Waals surface area contributed by atoms with Crippen molar-refractivity contribution in [1.82, 2.24) is 0 Å². The van der Waals surface area contributed by atoms with Gasteiger partial charge >= 0.3 is 0 Å². The van der Waals surface area contributed by atoms with Gasteiger partial charge in [0.2, 0.25) is 5.91 Å². The lowest BCUT2D eigenvalue weighted by Gasteiger charge is -2.16. The SMILES string of the molecule is C[C@@H](Nc1ccc2c(c1)CCC2)C(=O)Nc1cc(F)ccc1F. The summed E-state index contributed by atoms with van der Waals surface area (Å²) in [6.07, 6.45) is 3.32. The average molecular weight is 316 g/mol. The summed E-state index contributed by atoms with van der Waals surface area (Å²) in [6, 6.07) is 8.46. The molecular weight excluding hydrogens is 298 g/mol. The Labute approximate surface area is 133 Å². The van der Waals surface area contributed by atoms with Crippen molar-refractivity contribution in [3.05, 3.63) is 59.2 Å². The number of hydrogen-bond acceptors (Lipinski definition) is 2. The van der Waals surface area contributed by atoms with Crippen LogP contribution in [0.2, 0.25) is 0 Å². The van der Waals surface area contributed by atoms with E-state index in [9.17, 15) is 13.6 Å². The Morgan fingerprint density at radius 2 is 1.87 bits per heavy atom. The van der Waals surface area contributed by atoms with Crippen molar-refractivity contribution >= 4 is 17.3 Å². The van der Waals surface area contributed by atoms with E-state index in [1.54, 1.807) is 6.92 Å². The summed E-state index contributed by atoms with van der Waals surface area (Å²) in [7, 11) is 0. The first-order chi connectivity index (χ1) is 11.0. The van der Waals surface area contributed by atoms with Crippen LogP contribution < -0.4 is 10.6 Å². The van der Waals surface area contributed by atoms with E-state index >= 15 is 0 Å². The van der Waals surface area contributed by atoms with E-state index in [1.807, 2.05) is 6.07 Å². The van der Waals surface area contributed by atoms with Gasteiger partial charge in [-0.1, -0.05) is 6.07 Å². The van der Waals surface area contributed by atoms with Gasteiger partial charge in [0, 0.05) is 11.8 Å². The molecule has 0 aromatic heterocycles. The van der Waals surface area contributed by atoms with Crippen molar-refractivity contribution in [3.8, 4) is 0 Å². The van der Waals surface area contributed by atoms with E-state index in [4.69, 9.17) is 0 Å². The van der Waals surface area contributed by atoms with Crippen LogP contribution in [0.4, 0.5) is 20.2 Å². The van der Waals surface area contributed by atoms with E-state index in [1.165, 1.54) is 11.1 Å². The maximum absolute atomic E-state index is 13.6. The average Bonchev–Trinajstić information content (AvgIpc) is 2.98. The number of fused-ring (bicyclic) bond motifs is 1. The third kappa shape index (κ3) is 3.50. The van der Waals surface area contributed by atoms with Crippen LogP contribution in [0.15, 0.2) is 36.4 Å². The van der Waals surface area contributed by atoms with Crippen molar-refractivity contribution in [2.24, 2.45) is 0 Å². The first-order valence-electron chi connectivity index (χ1n) is 7.67. The fourth-order valence-electron chi connectivity index (χ4n) is 2.81. The summed E-state index contributed by atoms with van der Waals surface area (Å²) < 4.78 is 26.7. The standard InChI is InChI=1S/C18H18F2N2O/c1-11(18(23)22-17-10-14(19)6-8-16(17)20)21-15-7-5-12-3-2-4-13(12)9-15/h5-11,21H,2-4H2,1H3,(H,22,23)/t11-/m1/s1. The summed E-state index contributed by atoms with van der Waals surface area (Å²) in [5.74, 6) is -1.68. The molecule has 0 unspecified atom stereocenters. The molecule has 0 bridgehead atoms. The minimum atomic E-state index is -0.663. The highest BCUT2D eigenvalue weighted by Crippen LogP contribution is 2.25. The molecule has 0 saturated carbocycles. The van der Waals surface area contributed by atoms with Crippen molar-refractivity contribution in [2.75, 3.05) is 10.6 Å². The molecule has 1 atom stereocenters. The van der Waals surface area contributed by atoms with Crippen molar-refractivity contribution < 1.29 is 13.6 Å². The second-order valence-electron chi connectivity index (χ2n) is 5.82. The van der Waals surface area contributed by atoms with Crippen LogP contribution in [0.25, 0.3) is 0 Å². The Hall–Kier alpha value is -2.43. The van der Waals surface area contributed by atoms with Crippen LogP contribution in [0.3, 0.4) is 0 Å². The number of rotatable bonds is 4. The third-order valence-corrected chi connectivity index (χ3v) is 4.06. The fourth-order valence-corrected chi connectivity index (χ4v) is 2.81. The van der Waals surface area contributed by atoms with Gasteiger partial charge in [-0.3, -0.25) is 4.79 Å². The Morgan fingerprint density at radius 3 is 2.70 bits per heavy atom. The molecule has 120 valence electrons. The topological polar surface area (TPSA) is 41.1 Å². The highest BCUT2D eigenvalue weighted by molar-refractivity contribution is 5.96. The molecule has 1 aliphatic carbocycles. The first kappa shape index (κ1) is 15.5. The Kier molecular flexibility index (Phi) is 4.28. The summed E-state index contributed by atoms with van der Waals surface area (Å²) in [6.45, 7) is 1.68. The zero-order valence-corrected chi connectivity index (χ0v) is 12.8. The fraction of sp³-hybridized carbons (Fsp3) is 0.278. The molecular formula is C18H18F2N2O. The molecule has 0 saturated heterocycles. The molecule has 5 heteroatoms. The molecule has 0 heterocycles. The van der Waals surface area contributed by atoms with Crippen LogP contribution in [0.5, 0.6) is 0 Å². The predicted octanol–water partition coefficient (Wildman–Crippen LogP) is 3.89. The number of amides is 1. The summed E-state index contributed by atoms with van der Waals surface area (Å²) >= 11 is 0. The second-order valence-corrected chi connectivity index (χ2v) is 5.82. The lowest BCUT2D eigenvalue weighted by atomic mass is 10.1. The molecule has 0 spiro atoms. The Balaban J connectivity index is 1.67. The summed E-state index contributed by atoms with van der Waals surface area (Å²) in [4.78, 5) is 12.2. The maximum Gasteiger partial charge on any atom is 0.246 e. The van der Waals surface area contributed by atoms with Crippen LogP contribution in [0, 0.1) is 11.6 Å². The number of halogens is 2. The van der Waals surface area contributed by atoms with Crippen molar-refractivity contribution in [2.45, 2.75) is 32.2 Å². The molecule has 1 amide bonds. The monoisotopic (exact) mass is 316 g/mol. The first-order valence-corrected chi connectivity index (χ1v) is 7.67. The number of carbonyl (C=O) groups excluding carboxylic acids is 1. The number of aryl methyl sites for hydroxylation is 2.